The normalized spacial score (nSPS) is 22.3. The fraction of sp³-hybridized carbons (Fsp3) is 0.562. The Morgan fingerprint density at radius 2 is 1.90 bits per heavy atom. The van der Waals surface area contributed by atoms with E-state index in [-0.39, 0.29) is 18.2 Å². The monoisotopic (exact) mass is 309 g/mol. The van der Waals surface area contributed by atoms with Gasteiger partial charge in [0.1, 0.15) is 11.6 Å². The van der Waals surface area contributed by atoms with Gasteiger partial charge in [0.15, 0.2) is 0 Å². The van der Waals surface area contributed by atoms with Crippen LogP contribution in [0.4, 0.5) is 10.5 Å². The van der Waals surface area contributed by atoms with Crippen LogP contribution in [0.25, 0.3) is 0 Å². The first-order valence-corrected chi connectivity index (χ1v) is 7.62. The Morgan fingerprint density at radius 3 is 2.48 bits per heavy atom. The number of cyclic esters (lactones) is 1. The molecule has 0 aliphatic carbocycles. The lowest BCUT2D eigenvalue weighted by Gasteiger charge is -2.33. The van der Waals surface area contributed by atoms with E-state index in [0.29, 0.717) is 0 Å². The zero-order valence-corrected chi connectivity index (χ0v) is 14.7. The minimum absolute atomic E-state index is 0.155. The van der Waals surface area contributed by atoms with E-state index in [1.807, 2.05) is 39.8 Å². The summed E-state index contributed by atoms with van der Waals surface area (Å²) in [7, 11) is 2.28. The molecular formula is C16H24NO3P. The minimum atomic E-state index is -0.599. The van der Waals surface area contributed by atoms with Crippen molar-refractivity contribution in [3.63, 3.8) is 0 Å². The van der Waals surface area contributed by atoms with E-state index >= 15 is 0 Å². The molecule has 4 nitrogen and oxygen atoms in total. The van der Waals surface area contributed by atoms with E-state index in [9.17, 15) is 4.79 Å². The Balaban J connectivity index is 2.55. The highest BCUT2D eigenvalue weighted by atomic mass is 31.0. The first-order chi connectivity index (χ1) is 9.70. The van der Waals surface area contributed by atoms with Crippen LogP contribution in [-0.4, -0.2) is 23.8 Å². The van der Waals surface area contributed by atoms with Crippen LogP contribution >= 0.6 is 9.47 Å². The highest BCUT2D eigenvalue weighted by Crippen LogP contribution is 2.39. The van der Waals surface area contributed by atoms with Crippen LogP contribution in [0.3, 0.4) is 0 Å². The van der Waals surface area contributed by atoms with Gasteiger partial charge in [-0.3, -0.25) is 4.90 Å². The molecule has 1 unspecified atom stereocenters. The molecule has 116 valence electrons. The van der Waals surface area contributed by atoms with E-state index in [0.717, 1.165) is 11.3 Å². The van der Waals surface area contributed by atoms with Gasteiger partial charge in [-0.05, 0) is 64.3 Å². The Labute approximate surface area is 129 Å². The molecule has 1 aliphatic rings. The topological polar surface area (TPSA) is 38.8 Å². The molecule has 1 saturated heterocycles. The van der Waals surface area contributed by atoms with Gasteiger partial charge in [-0.1, -0.05) is 6.07 Å². The molecule has 0 spiro atoms. The maximum Gasteiger partial charge on any atom is 0.415 e. The predicted octanol–water partition coefficient (Wildman–Crippen LogP) is 3.91. The lowest BCUT2D eigenvalue weighted by atomic mass is 9.92. The molecule has 5 heteroatoms. The molecule has 3 atom stereocenters. The summed E-state index contributed by atoms with van der Waals surface area (Å²) in [5, 5.41) is 0. The number of rotatable bonds is 3. The van der Waals surface area contributed by atoms with Gasteiger partial charge in [0.05, 0.1) is 11.8 Å². The number of benzene rings is 1. The average Bonchev–Trinajstić information content (AvgIpc) is 2.65. The summed E-state index contributed by atoms with van der Waals surface area (Å²) in [4.78, 5) is 14.1. The standard InChI is InChI=1S/C16H24NO3P/c1-9-7-8-13(11(3)10(9)2)17-14(12(4)20-21)16(5,6)19-15(17)18/h7-8,12,14H,21H2,1-6H3/t12-,14+/m1/s1. The van der Waals surface area contributed by atoms with Gasteiger partial charge < -0.3 is 9.26 Å². The highest BCUT2D eigenvalue weighted by Gasteiger charge is 2.51. The van der Waals surface area contributed by atoms with Crippen molar-refractivity contribution in [2.24, 2.45) is 0 Å². The molecule has 0 bridgehead atoms. The lowest BCUT2D eigenvalue weighted by molar-refractivity contribution is 0.0427. The summed E-state index contributed by atoms with van der Waals surface area (Å²) >= 11 is 0. The van der Waals surface area contributed by atoms with Crippen molar-refractivity contribution in [1.29, 1.82) is 0 Å². The number of hydrogen-bond donors (Lipinski definition) is 0. The van der Waals surface area contributed by atoms with Crippen LogP contribution in [-0.2, 0) is 9.26 Å². The van der Waals surface area contributed by atoms with E-state index in [1.54, 1.807) is 4.90 Å². The van der Waals surface area contributed by atoms with Crippen LogP contribution in [0.15, 0.2) is 12.1 Å². The maximum atomic E-state index is 12.4. The molecule has 1 fully saturated rings. The third-order valence-corrected chi connectivity index (χ3v) is 4.92. The molecule has 1 amide bonds. The summed E-state index contributed by atoms with van der Waals surface area (Å²) in [6.07, 6.45) is -0.470. The number of hydrogen-bond acceptors (Lipinski definition) is 3. The van der Waals surface area contributed by atoms with Crippen LogP contribution in [0.2, 0.25) is 0 Å². The zero-order chi connectivity index (χ0) is 15.9. The quantitative estimate of drug-likeness (QED) is 0.795. The Bertz CT molecular complexity index is 571. The second-order valence-corrected chi connectivity index (χ2v) is 6.55. The molecule has 1 heterocycles. The molecule has 0 saturated carbocycles. The van der Waals surface area contributed by atoms with Crippen molar-refractivity contribution < 1.29 is 14.1 Å². The summed E-state index contributed by atoms with van der Waals surface area (Å²) in [6, 6.07) is 3.85. The predicted molar refractivity (Wildman–Crippen MR) is 87.7 cm³/mol. The van der Waals surface area contributed by atoms with Gasteiger partial charge >= 0.3 is 6.09 Å². The van der Waals surface area contributed by atoms with Crippen molar-refractivity contribution >= 4 is 21.2 Å². The minimum Gasteiger partial charge on any atom is -0.441 e. The number of aryl methyl sites for hydroxylation is 1. The molecule has 0 radical (unpaired) electrons. The van der Waals surface area contributed by atoms with Crippen molar-refractivity contribution in [2.75, 3.05) is 4.90 Å². The molecule has 0 N–H and O–H groups in total. The molecule has 2 rings (SSSR count). The van der Waals surface area contributed by atoms with E-state index in [4.69, 9.17) is 9.26 Å². The highest BCUT2D eigenvalue weighted by molar-refractivity contribution is 7.09. The van der Waals surface area contributed by atoms with Crippen molar-refractivity contribution in [3.8, 4) is 0 Å². The van der Waals surface area contributed by atoms with Crippen molar-refractivity contribution in [1.82, 2.24) is 0 Å². The fourth-order valence-corrected chi connectivity index (χ4v) is 3.21. The number of ether oxygens (including phenoxy) is 1. The Kier molecular flexibility index (Phi) is 4.32. The van der Waals surface area contributed by atoms with Crippen LogP contribution in [0.1, 0.15) is 37.5 Å². The largest absolute Gasteiger partial charge is 0.441 e. The number of carbonyl (C=O) groups excluding carboxylic acids is 1. The molecule has 1 aromatic carbocycles. The molecular weight excluding hydrogens is 285 g/mol. The first-order valence-electron chi connectivity index (χ1n) is 7.15. The van der Waals surface area contributed by atoms with E-state index in [2.05, 4.69) is 23.3 Å². The van der Waals surface area contributed by atoms with Gasteiger partial charge in [-0.2, -0.15) is 0 Å². The lowest BCUT2D eigenvalue weighted by Crippen LogP contribution is -2.49. The summed E-state index contributed by atoms with van der Waals surface area (Å²) < 4.78 is 11.0. The first kappa shape index (κ1) is 16.3. The molecule has 1 aromatic rings. The van der Waals surface area contributed by atoms with Gasteiger partial charge in [0, 0.05) is 9.47 Å². The van der Waals surface area contributed by atoms with Gasteiger partial charge in [0.2, 0.25) is 0 Å². The Morgan fingerprint density at radius 1 is 1.29 bits per heavy atom. The van der Waals surface area contributed by atoms with Gasteiger partial charge in [-0.15, -0.1) is 0 Å². The molecule has 1 aliphatic heterocycles. The third-order valence-electron chi connectivity index (χ3n) is 4.49. The molecule has 0 aromatic heterocycles. The third kappa shape index (κ3) is 2.67. The Hall–Kier alpha value is -1.12. The van der Waals surface area contributed by atoms with Crippen molar-refractivity contribution in [2.45, 2.75) is 59.3 Å². The molecule has 21 heavy (non-hydrogen) atoms. The van der Waals surface area contributed by atoms with Crippen LogP contribution in [0, 0.1) is 20.8 Å². The average molecular weight is 309 g/mol. The fourth-order valence-electron chi connectivity index (χ4n) is 3.06. The second kappa shape index (κ2) is 5.58. The summed E-state index contributed by atoms with van der Waals surface area (Å²) in [5.74, 6) is 0. The van der Waals surface area contributed by atoms with Gasteiger partial charge in [0.25, 0.3) is 0 Å². The summed E-state index contributed by atoms with van der Waals surface area (Å²) in [5.41, 5.74) is 3.81. The zero-order valence-electron chi connectivity index (χ0n) is 13.6. The number of nitrogens with zero attached hydrogens (tertiary/aromatic N) is 1. The van der Waals surface area contributed by atoms with Crippen LogP contribution < -0.4 is 4.90 Å². The van der Waals surface area contributed by atoms with Crippen LogP contribution in [0.5, 0.6) is 0 Å². The van der Waals surface area contributed by atoms with Crippen molar-refractivity contribution in [3.05, 3.63) is 28.8 Å². The second-order valence-electron chi connectivity index (χ2n) is 6.28. The number of anilines is 1. The smallest absolute Gasteiger partial charge is 0.415 e. The summed E-state index contributed by atoms with van der Waals surface area (Å²) in [6.45, 7) is 12.0. The van der Waals surface area contributed by atoms with Gasteiger partial charge in [-0.25, -0.2) is 4.79 Å². The maximum absolute atomic E-state index is 12.4. The number of amides is 1. The van der Waals surface area contributed by atoms with E-state index < -0.39 is 5.60 Å². The number of carbonyl (C=O) groups is 1. The van der Waals surface area contributed by atoms with E-state index in [1.165, 1.54) is 11.1 Å². The SMILES string of the molecule is Cc1ccc(N2C(=O)OC(C)(C)[C@@H]2[C@@H](C)OP)c(C)c1C.